The van der Waals surface area contributed by atoms with E-state index in [0.717, 1.165) is 9.47 Å². The zero-order valence-electron chi connectivity index (χ0n) is 14.4. The molecule has 0 spiro atoms. The summed E-state index contributed by atoms with van der Waals surface area (Å²) in [6, 6.07) is 11.8. The average Bonchev–Trinajstić information content (AvgIpc) is 3.27. The molecule has 7 nitrogen and oxygen atoms in total. The SMILES string of the molecule is CCC(Sc1nnc(NCc2ccccc2)s1)C(=O)Nc1cc(C)on1. The molecule has 0 radical (unpaired) electrons. The molecule has 0 aliphatic rings. The van der Waals surface area contributed by atoms with Gasteiger partial charge in [0.2, 0.25) is 11.0 Å². The van der Waals surface area contributed by atoms with Crippen molar-refractivity contribution < 1.29 is 9.32 Å². The summed E-state index contributed by atoms with van der Waals surface area (Å²) in [6.07, 6.45) is 0.666. The van der Waals surface area contributed by atoms with Crippen LogP contribution in [0.25, 0.3) is 0 Å². The number of nitrogens with one attached hydrogen (secondary N) is 2. The first-order valence-corrected chi connectivity index (χ1v) is 9.86. The van der Waals surface area contributed by atoms with Gasteiger partial charge >= 0.3 is 0 Å². The number of rotatable bonds is 8. The molecule has 1 unspecified atom stereocenters. The fourth-order valence-electron chi connectivity index (χ4n) is 2.18. The molecule has 9 heteroatoms. The molecular weight excluding hydrogens is 370 g/mol. The Morgan fingerprint density at radius 1 is 1.31 bits per heavy atom. The first-order valence-electron chi connectivity index (χ1n) is 8.16. The van der Waals surface area contributed by atoms with Crippen molar-refractivity contribution in [1.82, 2.24) is 15.4 Å². The van der Waals surface area contributed by atoms with Gasteiger partial charge in [-0.15, -0.1) is 10.2 Å². The van der Waals surface area contributed by atoms with Gasteiger partial charge in [0, 0.05) is 12.6 Å². The molecule has 1 atom stereocenters. The van der Waals surface area contributed by atoms with Crippen molar-refractivity contribution >= 4 is 40.0 Å². The Balaban J connectivity index is 1.55. The van der Waals surface area contributed by atoms with E-state index in [0.29, 0.717) is 24.5 Å². The maximum absolute atomic E-state index is 12.4. The van der Waals surface area contributed by atoms with E-state index in [2.05, 4.69) is 26.0 Å². The number of nitrogens with zero attached hydrogens (tertiary/aromatic N) is 3. The predicted molar refractivity (Wildman–Crippen MR) is 103 cm³/mol. The molecule has 26 heavy (non-hydrogen) atoms. The maximum Gasteiger partial charge on any atom is 0.239 e. The number of carbonyl (C=O) groups excluding carboxylic acids is 1. The van der Waals surface area contributed by atoms with E-state index in [1.165, 1.54) is 28.7 Å². The lowest BCUT2D eigenvalue weighted by Crippen LogP contribution is -2.24. The van der Waals surface area contributed by atoms with Crippen LogP contribution in [0.5, 0.6) is 0 Å². The van der Waals surface area contributed by atoms with E-state index < -0.39 is 0 Å². The van der Waals surface area contributed by atoms with Crippen LogP contribution in [-0.2, 0) is 11.3 Å². The molecule has 2 aromatic heterocycles. The van der Waals surface area contributed by atoms with Gasteiger partial charge in [-0.2, -0.15) is 0 Å². The largest absolute Gasteiger partial charge is 0.360 e. The number of thioether (sulfide) groups is 1. The second-order valence-corrected chi connectivity index (χ2v) is 7.97. The van der Waals surface area contributed by atoms with Crippen LogP contribution in [0, 0.1) is 6.92 Å². The Bertz CT molecular complexity index is 850. The van der Waals surface area contributed by atoms with E-state index in [-0.39, 0.29) is 11.2 Å². The van der Waals surface area contributed by atoms with E-state index in [1.54, 1.807) is 13.0 Å². The highest BCUT2D eigenvalue weighted by Gasteiger charge is 2.21. The average molecular weight is 390 g/mol. The quantitative estimate of drug-likeness (QED) is 0.563. The summed E-state index contributed by atoms with van der Waals surface area (Å²) in [7, 11) is 0. The van der Waals surface area contributed by atoms with Crippen molar-refractivity contribution in [3.8, 4) is 0 Å². The molecule has 3 aromatic rings. The lowest BCUT2D eigenvalue weighted by molar-refractivity contribution is -0.115. The molecule has 136 valence electrons. The van der Waals surface area contributed by atoms with Crippen molar-refractivity contribution in [3.05, 3.63) is 47.7 Å². The van der Waals surface area contributed by atoms with E-state index in [4.69, 9.17) is 4.52 Å². The van der Waals surface area contributed by atoms with Crippen molar-refractivity contribution in [3.63, 3.8) is 0 Å². The van der Waals surface area contributed by atoms with Crippen molar-refractivity contribution in [2.45, 2.75) is 36.4 Å². The minimum atomic E-state index is -0.276. The molecule has 0 fully saturated rings. The van der Waals surface area contributed by atoms with Gasteiger partial charge in [-0.1, -0.05) is 65.5 Å². The Morgan fingerprint density at radius 2 is 2.12 bits per heavy atom. The third kappa shape index (κ3) is 5.06. The monoisotopic (exact) mass is 389 g/mol. The highest BCUT2D eigenvalue weighted by molar-refractivity contribution is 8.02. The molecule has 0 aliphatic heterocycles. The van der Waals surface area contributed by atoms with Crippen LogP contribution < -0.4 is 10.6 Å². The fourth-order valence-corrected chi connectivity index (χ4v) is 4.09. The summed E-state index contributed by atoms with van der Waals surface area (Å²) in [5.41, 5.74) is 1.17. The summed E-state index contributed by atoms with van der Waals surface area (Å²) in [6.45, 7) is 4.42. The van der Waals surface area contributed by atoms with E-state index in [9.17, 15) is 4.79 Å². The standard InChI is InChI=1S/C17H19N5O2S2/c1-3-13(15(23)19-14-9-11(2)24-22-14)25-17-21-20-16(26-17)18-10-12-7-5-4-6-8-12/h4-9,13H,3,10H2,1-2H3,(H,18,20)(H,19,22,23). The lowest BCUT2D eigenvalue weighted by atomic mass is 10.2. The van der Waals surface area contributed by atoms with Gasteiger partial charge in [0.05, 0.1) is 5.25 Å². The topological polar surface area (TPSA) is 92.9 Å². The number of amides is 1. The number of hydrogen-bond acceptors (Lipinski definition) is 8. The highest BCUT2D eigenvalue weighted by Crippen LogP contribution is 2.31. The molecule has 1 amide bonds. The first-order chi connectivity index (χ1) is 12.6. The zero-order chi connectivity index (χ0) is 18.4. The number of aromatic nitrogens is 3. The summed E-state index contributed by atoms with van der Waals surface area (Å²) in [5.74, 6) is 0.952. The molecular formula is C17H19N5O2S2. The first kappa shape index (κ1) is 18.4. The number of anilines is 2. The molecule has 0 saturated heterocycles. The summed E-state index contributed by atoms with van der Waals surface area (Å²) in [5, 5.41) is 18.6. The molecule has 1 aromatic carbocycles. The normalized spacial score (nSPS) is 11.9. The molecule has 0 saturated carbocycles. The predicted octanol–water partition coefficient (Wildman–Crippen LogP) is 3.96. The zero-order valence-corrected chi connectivity index (χ0v) is 16.1. The molecule has 2 N–H and O–H groups in total. The van der Waals surface area contributed by atoms with Crippen LogP contribution in [-0.4, -0.2) is 26.5 Å². The van der Waals surface area contributed by atoms with E-state index in [1.807, 2.05) is 37.3 Å². The molecule has 3 rings (SSSR count). The van der Waals surface area contributed by atoms with Crippen LogP contribution in [0.1, 0.15) is 24.7 Å². The van der Waals surface area contributed by atoms with Gasteiger partial charge in [0.1, 0.15) is 5.76 Å². The highest BCUT2D eigenvalue weighted by atomic mass is 32.2. The smallest absolute Gasteiger partial charge is 0.239 e. The minimum absolute atomic E-state index is 0.125. The van der Waals surface area contributed by atoms with Gasteiger partial charge in [0.25, 0.3) is 0 Å². The molecule has 0 aliphatic carbocycles. The van der Waals surface area contributed by atoms with Crippen molar-refractivity contribution in [1.29, 1.82) is 0 Å². The van der Waals surface area contributed by atoms with Crippen LogP contribution in [0.3, 0.4) is 0 Å². The molecule has 2 heterocycles. The summed E-state index contributed by atoms with van der Waals surface area (Å²) >= 11 is 2.84. The van der Waals surface area contributed by atoms with Gasteiger partial charge in [0.15, 0.2) is 10.2 Å². The number of hydrogen-bond donors (Lipinski definition) is 2. The summed E-state index contributed by atoms with van der Waals surface area (Å²) in [4.78, 5) is 12.4. The van der Waals surface area contributed by atoms with E-state index >= 15 is 0 Å². The van der Waals surface area contributed by atoms with Crippen LogP contribution >= 0.6 is 23.1 Å². The second kappa shape index (κ2) is 8.81. The third-order valence-electron chi connectivity index (χ3n) is 3.48. The number of carbonyl (C=O) groups is 1. The van der Waals surface area contributed by atoms with Crippen LogP contribution in [0.4, 0.5) is 10.9 Å². The van der Waals surface area contributed by atoms with Gasteiger partial charge in [-0.05, 0) is 18.9 Å². The Morgan fingerprint density at radius 3 is 2.81 bits per heavy atom. The van der Waals surface area contributed by atoms with Crippen LogP contribution in [0.15, 0.2) is 45.3 Å². The second-order valence-electron chi connectivity index (χ2n) is 5.54. The Kier molecular flexibility index (Phi) is 6.24. The van der Waals surface area contributed by atoms with Crippen molar-refractivity contribution in [2.24, 2.45) is 0 Å². The Hall–Kier alpha value is -2.39. The third-order valence-corrected chi connectivity index (χ3v) is 5.81. The van der Waals surface area contributed by atoms with Crippen molar-refractivity contribution in [2.75, 3.05) is 10.6 Å². The summed E-state index contributed by atoms with van der Waals surface area (Å²) < 4.78 is 5.71. The molecule has 0 bridgehead atoms. The van der Waals surface area contributed by atoms with Gasteiger partial charge in [-0.3, -0.25) is 4.79 Å². The fraction of sp³-hybridized carbons (Fsp3) is 0.294. The number of benzene rings is 1. The minimum Gasteiger partial charge on any atom is -0.360 e. The van der Waals surface area contributed by atoms with Crippen LogP contribution in [0.2, 0.25) is 0 Å². The lowest BCUT2D eigenvalue weighted by Gasteiger charge is -2.10. The van der Waals surface area contributed by atoms with Gasteiger partial charge in [-0.25, -0.2) is 0 Å². The van der Waals surface area contributed by atoms with Gasteiger partial charge < -0.3 is 15.2 Å². The maximum atomic E-state index is 12.4. The number of aryl methyl sites for hydroxylation is 1. The Labute approximate surface area is 159 Å².